The number of carbonyl (C=O) groups is 2. The molecule has 0 aromatic heterocycles. The van der Waals surface area contributed by atoms with Crippen LogP contribution < -0.4 is 9.47 Å². The highest BCUT2D eigenvalue weighted by Gasteiger charge is 2.16. The van der Waals surface area contributed by atoms with Crippen molar-refractivity contribution in [1.82, 2.24) is 0 Å². The van der Waals surface area contributed by atoms with E-state index in [0.717, 1.165) is 43.6 Å². The molecule has 0 saturated carbocycles. The van der Waals surface area contributed by atoms with Gasteiger partial charge >= 0.3 is 12.1 Å². The molecule has 1 aliphatic rings. The van der Waals surface area contributed by atoms with Gasteiger partial charge < -0.3 is 18.9 Å². The molecule has 0 saturated heterocycles. The van der Waals surface area contributed by atoms with Gasteiger partial charge in [0.05, 0.1) is 6.61 Å². The Morgan fingerprint density at radius 1 is 0.963 bits per heavy atom. The molecule has 1 aliphatic heterocycles. The Kier molecular flexibility index (Phi) is 9.52. The van der Waals surface area contributed by atoms with Crippen molar-refractivity contribution < 1.29 is 28.5 Å². The van der Waals surface area contributed by atoms with Gasteiger partial charge in [-0.3, -0.25) is 4.79 Å². The standard InChI is InChI=1S/C21H30O6/c1-2-24-21(23)27-19(22)15-10-8-6-4-3-5-7-9-12-17-13-11-14-18-20(17)26-16-25-18/h11,13-14H,2-10,12,15-16H2,1H3. The molecule has 0 bridgehead atoms. The lowest BCUT2D eigenvalue weighted by atomic mass is 10.0. The average Bonchev–Trinajstić information content (AvgIpc) is 3.13. The van der Waals surface area contributed by atoms with Crippen molar-refractivity contribution >= 4 is 12.1 Å². The Labute approximate surface area is 161 Å². The number of aryl methyl sites for hydroxylation is 1. The molecule has 1 heterocycles. The fourth-order valence-corrected chi connectivity index (χ4v) is 3.12. The van der Waals surface area contributed by atoms with Crippen LogP contribution in [0.2, 0.25) is 0 Å². The molecule has 0 amide bonds. The SMILES string of the molecule is CCOC(=O)OC(=O)CCCCCCCCCCc1cccc2c1OCO2. The van der Waals surface area contributed by atoms with Gasteiger partial charge in [-0.2, -0.15) is 0 Å². The number of hydrogen-bond acceptors (Lipinski definition) is 6. The van der Waals surface area contributed by atoms with Crippen LogP contribution in [-0.4, -0.2) is 25.5 Å². The van der Waals surface area contributed by atoms with E-state index in [-0.39, 0.29) is 13.0 Å². The smallest absolute Gasteiger partial charge is 0.454 e. The first-order valence-electron chi connectivity index (χ1n) is 9.95. The van der Waals surface area contributed by atoms with Crippen molar-refractivity contribution in [1.29, 1.82) is 0 Å². The molecule has 2 rings (SSSR count). The number of fused-ring (bicyclic) bond motifs is 1. The number of benzene rings is 1. The Hall–Kier alpha value is -2.24. The zero-order chi connectivity index (χ0) is 19.3. The molecule has 0 radical (unpaired) electrons. The molecular weight excluding hydrogens is 348 g/mol. The highest BCUT2D eigenvalue weighted by molar-refractivity contribution is 5.81. The Morgan fingerprint density at radius 3 is 2.41 bits per heavy atom. The second-order valence-corrected chi connectivity index (χ2v) is 6.64. The summed E-state index contributed by atoms with van der Waals surface area (Å²) in [6.07, 6.45) is 9.18. The number of para-hydroxylation sites is 1. The van der Waals surface area contributed by atoms with E-state index in [0.29, 0.717) is 6.79 Å². The van der Waals surface area contributed by atoms with Crippen molar-refractivity contribution in [3.05, 3.63) is 23.8 Å². The maximum atomic E-state index is 11.4. The number of hydrogen-bond donors (Lipinski definition) is 0. The zero-order valence-corrected chi connectivity index (χ0v) is 16.2. The summed E-state index contributed by atoms with van der Waals surface area (Å²) in [6.45, 7) is 2.21. The number of esters is 1. The number of ether oxygens (including phenoxy) is 4. The highest BCUT2D eigenvalue weighted by Crippen LogP contribution is 2.36. The topological polar surface area (TPSA) is 71.1 Å². The van der Waals surface area contributed by atoms with Gasteiger partial charge in [0, 0.05) is 6.42 Å². The highest BCUT2D eigenvalue weighted by atomic mass is 16.7. The second-order valence-electron chi connectivity index (χ2n) is 6.64. The van der Waals surface area contributed by atoms with Crippen molar-refractivity contribution in [2.24, 2.45) is 0 Å². The van der Waals surface area contributed by atoms with Gasteiger partial charge in [-0.15, -0.1) is 0 Å². The van der Waals surface area contributed by atoms with Crippen molar-refractivity contribution in [3.63, 3.8) is 0 Å². The molecule has 6 nitrogen and oxygen atoms in total. The fraction of sp³-hybridized carbons (Fsp3) is 0.619. The maximum Gasteiger partial charge on any atom is 0.516 e. The van der Waals surface area contributed by atoms with E-state index in [9.17, 15) is 9.59 Å². The summed E-state index contributed by atoms with van der Waals surface area (Å²) in [5.74, 6) is 1.27. The van der Waals surface area contributed by atoms with Gasteiger partial charge in [-0.25, -0.2) is 4.79 Å². The summed E-state index contributed by atoms with van der Waals surface area (Å²) in [4.78, 5) is 22.4. The van der Waals surface area contributed by atoms with Gasteiger partial charge in [0.25, 0.3) is 0 Å². The number of rotatable bonds is 12. The van der Waals surface area contributed by atoms with Gasteiger partial charge in [0.15, 0.2) is 11.5 Å². The third-order valence-corrected chi connectivity index (χ3v) is 4.51. The Morgan fingerprint density at radius 2 is 1.67 bits per heavy atom. The van der Waals surface area contributed by atoms with Gasteiger partial charge in [-0.1, -0.05) is 50.7 Å². The molecule has 1 aromatic rings. The van der Waals surface area contributed by atoms with Crippen LogP contribution >= 0.6 is 0 Å². The summed E-state index contributed by atoms with van der Waals surface area (Å²) in [6, 6.07) is 6.08. The van der Waals surface area contributed by atoms with E-state index in [2.05, 4.69) is 15.5 Å². The summed E-state index contributed by atoms with van der Waals surface area (Å²) in [5, 5.41) is 0. The molecule has 0 spiro atoms. The maximum absolute atomic E-state index is 11.4. The molecule has 0 atom stereocenters. The van der Waals surface area contributed by atoms with Crippen LogP contribution in [0.1, 0.15) is 70.3 Å². The van der Waals surface area contributed by atoms with E-state index in [1.165, 1.54) is 31.2 Å². The van der Waals surface area contributed by atoms with E-state index in [1.807, 2.05) is 12.1 Å². The van der Waals surface area contributed by atoms with Crippen LogP contribution in [0.15, 0.2) is 18.2 Å². The second kappa shape index (κ2) is 12.2. The minimum atomic E-state index is -0.901. The third kappa shape index (κ3) is 7.89. The van der Waals surface area contributed by atoms with E-state index in [1.54, 1.807) is 6.92 Å². The molecule has 0 N–H and O–H groups in total. The lowest BCUT2D eigenvalue weighted by Gasteiger charge is -2.06. The minimum absolute atomic E-state index is 0.210. The minimum Gasteiger partial charge on any atom is -0.454 e. The lowest BCUT2D eigenvalue weighted by Crippen LogP contribution is -2.13. The number of unbranched alkanes of at least 4 members (excludes halogenated alkanes) is 7. The largest absolute Gasteiger partial charge is 0.516 e. The van der Waals surface area contributed by atoms with Crippen LogP contribution in [0, 0.1) is 0 Å². The van der Waals surface area contributed by atoms with E-state index in [4.69, 9.17) is 9.47 Å². The quantitative estimate of drug-likeness (QED) is 0.284. The fourth-order valence-electron chi connectivity index (χ4n) is 3.12. The first-order chi connectivity index (χ1) is 13.2. The average molecular weight is 378 g/mol. The summed E-state index contributed by atoms with van der Waals surface area (Å²) < 4.78 is 20.0. The molecule has 0 aliphatic carbocycles. The molecule has 6 heteroatoms. The zero-order valence-electron chi connectivity index (χ0n) is 16.2. The van der Waals surface area contributed by atoms with Crippen LogP contribution in [0.4, 0.5) is 4.79 Å². The van der Waals surface area contributed by atoms with Crippen LogP contribution in [0.25, 0.3) is 0 Å². The van der Waals surface area contributed by atoms with Crippen LogP contribution in [0.5, 0.6) is 11.5 Å². The molecule has 0 fully saturated rings. The summed E-state index contributed by atoms with van der Waals surface area (Å²) in [5.41, 5.74) is 1.24. The van der Waals surface area contributed by atoms with Crippen molar-refractivity contribution in [2.45, 2.75) is 71.1 Å². The first kappa shape index (κ1) is 21.1. The molecular formula is C21H30O6. The Bertz CT molecular complexity index is 598. The molecule has 150 valence electrons. The lowest BCUT2D eigenvalue weighted by molar-refractivity contribution is -0.139. The van der Waals surface area contributed by atoms with Crippen molar-refractivity contribution in [2.75, 3.05) is 13.4 Å². The predicted molar refractivity (Wildman–Crippen MR) is 101 cm³/mol. The third-order valence-electron chi connectivity index (χ3n) is 4.51. The molecule has 27 heavy (non-hydrogen) atoms. The van der Waals surface area contributed by atoms with Gasteiger partial charge in [0.1, 0.15) is 0 Å². The summed E-state index contributed by atoms with van der Waals surface area (Å²) in [7, 11) is 0. The monoisotopic (exact) mass is 378 g/mol. The molecule has 0 unspecified atom stereocenters. The van der Waals surface area contributed by atoms with Gasteiger partial charge in [-0.05, 0) is 37.8 Å². The Balaban J connectivity index is 1.42. The summed E-state index contributed by atoms with van der Waals surface area (Å²) >= 11 is 0. The van der Waals surface area contributed by atoms with Crippen molar-refractivity contribution in [3.8, 4) is 11.5 Å². The number of carbonyl (C=O) groups excluding carboxylic acids is 2. The van der Waals surface area contributed by atoms with E-state index < -0.39 is 12.1 Å². The van der Waals surface area contributed by atoms with Crippen LogP contribution in [-0.2, 0) is 20.7 Å². The normalized spacial score (nSPS) is 12.0. The first-order valence-corrected chi connectivity index (χ1v) is 9.95. The predicted octanol–water partition coefficient (Wildman–Crippen LogP) is 5.17. The molecule has 1 aromatic carbocycles. The van der Waals surface area contributed by atoms with Crippen LogP contribution in [0.3, 0.4) is 0 Å². The van der Waals surface area contributed by atoms with Gasteiger partial charge in [0.2, 0.25) is 6.79 Å². The van der Waals surface area contributed by atoms with E-state index >= 15 is 0 Å².